The summed E-state index contributed by atoms with van der Waals surface area (Å²) in [6.07, 6.45) is -4.69. The number of hydrogen-bond acceptors (Lipinski definition) is 4. The van der Waals surface area contributed by atoms with Gasteiger partial charge in [0.2, 0.25) is 10.0 Å². The van der Waals surface area contributed by atoms with Crippen LogP contribution in [0, 0.1) is 6.92 Å². The first kappa shape index (κ1) is 24.1. The lowest BCUT2D eigenvalue weighted by Crippen LogP contribution is -2.33. The first-order chi connectivity index (χ1) is 15.5. The number of amides is 1. The van der Waals surface area contributed by atoms with E-state index < -0.39 is 28.7 Å². The van der Waals surface area contributed by atoms with Crippen molar-refractivity contribution in [1.29, 1.82) is 0 Å². The number of benzene rings is 3. The molecule has 10 heteroatoms. The number of hydrogen-bond donors (Lipinski definition) is 2. The Labute approximate surface area is 188 Å². The molecule has 6 nitrogen and oxygen atoms in total. The number of anilines is 1. The van der Waals surface area contributed by atoms with Gasteiger partial charge in [0.1, 0.15) is 6.54 Å². The lowest BCUT2D eigenvalue weighted by molar-refractivity contribution is -0.121. The molecule has 0 unspecified atom stereocenters. The van der Waals surface area contributed by atoms with Crippen LogP contribution in [0.15, 0.2) is 77.7 Å². The normalized spacial score (nSPS) is 11.8. The maximum absolute atomic E-state index is 12.9. The Kier molecular flexibility index (Phi) is 6.99. The Bertz CT molecular complexity index is 1270. The summed E-state index contributed by atoms with van der Waals surface area (Å²) in [7, 11) is -4.37. The van der Waals surface area contributed by atoms with E-state index >= 15 is 0 Å². The fourth-order valence-corrected chi connectivity index (χ4v) is 3.93. The Balaban J connectivity index is 1.77. The van der Waals surface area contributed by atoms with Crippen molar-refractivity contribution >= 4 is 27.4 Å². The van der Waals surface area contributed by atoms with Gasteiger partial charge in [-0.3, -0.25) is 9.59 Å². The Hall–Kier alpha value is -3.50. The number of carbonyl (C=O) groups is 2. The topological polar surface area (TPSA) is 92.3 Å². The van der Waals surface area contributed by atoms with Crippen LogP contribution in [0.5, 0.6) is 0 Å². The van der Waals surface area contributed by atoms with E-state index in [2.05, 4.69) is 5.32 Å². The molecule has 0 bridgehead atoms. The molecule has 33 heavy (non-hydrogen) atoms. The number of rotatable bonds is 7. The first-order valence-corrected chi connectivity index (χ1v) is 11.1. The Morgan fingerprint density at radius 3 is 2.00 bits per heavy atom. The molecular weight excluding hydrogens is 457 g/mol. The van der Waals surface area contributed by atoms with Gasteiger partial charge in [0.25, 0.3) is 5.91 Å². The van der Waals surface area contributed by atoms with E-state index in [-0.39, 0.29) is 27.5 Å². The molecule has 3 rings (SSSR count). The zero-order valence-electron chi connectivity index (χ0n) is 17.3. The summed E-state index contributed by atoms with van der Waals surface area (Å²) < 4.78 is 62.3. The molecule has 1 amide bonds. The highest BCUT2D eigenvalue weighted by Gasteiger charge is 2.30. The third kappa shape index (κ3) is 6.27. The molecule has 0 fully saturated rings. The van der Waals surface area contributed by atoms with Crippen molar-refractivity contribution < 1.29 is 31.2 Å². The maximum Gasteiger partial charge on any atom is 0.402 e. The Morgan fingerprint density at radius 1 is 0.848 bits per heavy atom. The largest absolute Gasteiger partial charge is 0.402 e. The van der Waals surface area contributed by atoms with E-state index in [1.165, 1.54) is 29.0 Å². The molecule has 0 saturated heterocycles. The lowest BCUT2D eigenvalue weighted by Gasteiger charge is -2.11. The van der Waals surface area contributed by atoms with Crippen LogP contribution in [0.2, 0.25) is 0 Å². The van der Waals surface area contributed by atoms with Crippen molar-refractivity contribution in [2.45, 2.75) is 18.0 Å². The molecular formula is C23H19F3N2O4S. The maximum atomic E-state index is 12.9. The van der Waals surface area contributed by atoms with E-state index in [1.54, 1.807) is 36.4 Å². The van der Waals surface area contributed by atoms with Crippen LogP contribution in [0.4, 0.5) is 18.9 Å². The van der Waals surface area contributed by atoms with Gasteiger partial charge in [-0.1, -0.05) is 48.0 Å². The monoisotopic (exact) mass is 476 g/mol. The average Bonchev–Trinajstić information content (AvgIpc) is 2.78. The standard InChI is InChI=1S/C23H19F3N2O4S/c1-15-6-8-16(9-7-15)21(29)19-4-2-3-5-20(19)22(30)28-17-10-12-18(13-11-17)33(31,32)27-14-23(24,25)26/h2-13,27H,14H2,1H3,(H,28,30). The number of carbonyl (C=O) groups excluding carboxylic acids is 2. The molecule has 0 heterocycles. The highest BCUT2D eigenvalue weighted by molar-refractivity contribution is 7.89. The predicted molar refractivity (Wildman–Crippen MR) is 117 cm³/mol. The molecule has 172 valence electrons. The molecule has 0 aliphatic carbocycles. The summed E-state index contributed by atoms with van der Waals surface area (Å²) >= 11 is 0. The van der Waals surface area contributed by atoms with E-state index in [0.29, 0.717) is 5.56 Å². The second-order valence-corrected chi connectivity index (χ2v) is 8.93. The molecule has 3 aromatic carbocycles. The van der Waals surface area contributed by atoms with Crippen molar-refractivity contribution in [2.75, 3.05) is 11.9 Å². The summed E-state index contributed by atoms with van der Waals surface area (Å²) in [5.41, 5.74) is 1.91. The zero-order valence-corrected chi connectivity index (χ0v) is 18.1. The quantitative estimate of drug-likeness (QED) is 0.497. The molecule has 0 aliphatic rings. The van der Waals surface area contributed by atoms with Crippen LogP contribution in [0.1, 0.15) is 31.8 Å². The summed E-state index contributed by atoms with van der Waals surface area (Å²) in [5.74, 6) is -0.935. The summed E-state index contributed by atoms with van der Waals surface area (Å²) in [6.45, 7) is 0.193. The van der Waals surface area contributed by atoms with Gasteiger partial charge in [-0.25, -0.2) is 13.1 Å². The van der Waals surface area contributed by atoms with E-state index in [4.69, 9.17) is 0 Å². The van der Waals surface area contributed by atoms with E-state index in [9.17, 15) is 31.2 Å². The van der Waals surface area contributed by atoms with E-state index in [1.807, 2.05) is 6.92 Å². The average molecular weight is 476 g/mol. The van der Waals surface area contributed by atoms with Gasteiger partial charge in [0, 0.05) is 16.8 Å². The summed E-state index contributed by atoms with van der Waals surface area (Å²) in [4.78, 5) is 25.3. The number of nitrogens with one attached hydrogen (secondary N) is 2. The highest BCUT2D eigenvalue weighted by atomic mass is 32.2. The molecule has 0 spiro atoms. The summed E-state index contributed by atoms with van der Waals surface area (Å²) in [5, 5.41) is 2.56. The fraction of sp³-hybridized carbons (Fsp3) is 0.130. The van der Waals surface area contributed by atoms with Gasteiger partial charge in [-0.2, -0.15) is 13.2 Å². The van der Waals surface area contributed by atoms with Gasteiger partial charge in [-0.15, -0.1) is 0 Å². The van der Waals surface area contributed by atoms with Gasteiger partial charge in [-0.05, 0) is 37.3 Å². The van der Waals surface area contributed by atoms with Crippen molar-refractivity contribution in [2.24, 2.45) is 0 Å². The second kappa shape index (κ2) is 9.55. The van der Waals surface area contributed by atoms with Crippen LogP contribution in [-0.4, -0.2) is 32.8 Å². The van der Waals surface area contributed by atoms with Crippen LogP contribution < -0.4 is 10.0 Å². The Morgan fingerprint density at radius 2 is 1.42 bits per heavy atom. The number of sulfonamides is 1. The van der Waals surface area contributed by atoms with Gasteiger partial charge in [0.15, 0.2) is 5.78 Å². The van der Waals surface area contributed by atoms with Crippen LogP contribution in [0.3, 0.4) is 0 Å². The molecule has 0 atom stereocenters. The predicted octanol–water partition coefficient (Wildman–Crippen LogP) is 4.32. The minimum Gasteiger partial charge on any atom is -0.322 e. The molecule has 0 saturated carbocycles. The molecule has 0 aromatic heterocycles. The third-order valence-electron chi connectivity index (χ3n) is 4.62. The van der Waals surface area contributed by atoms with Crippen molar-refractivity contribution in [3.63, 3.8) is 0 Å². The van der Waals surface area contributed by atoms with Gasteiger partial charge in [0.05, 0.1) is 10.5 Å². The van der Waals surface area contributed by atoms with Crippen LogP contribution in [0.25, 0.3) is 0 Å². The van der Waals surface area contributed by atoms with Crippen molar-refractivity contribution in [1.82, 2.24) is 4.72 Å². The number of alkyl halides is 3. The van der Waals surface area contributed by atoms with Crippen LogP contribution >= 0.6 is 0 Å². The van der Waals surface area contributed by atoms with Crippen molar-refractivity contribution in [3.05, 3.63) is 95.1 Å². The van der Waals surface area contributed by atoms with Gasteiger partial charge < -0.3 is 5.32 Å². The SMILES string of the molecule is Cc1ccc(C(=O)c2ccccc2C(=O)Nc2ccc(S(=O)(=O)NCC(F)(F)F)cc2)cc1. The molecule has 3 aromatic rings. The van der Waals surface area contributed by atoms with E-state index in [0.717, 1.165) is 17.7 Å². The van der Waals surface area contributed by atoms with Crippen LogP contribution in [-0.2, 0) is 10.0 Å². The highest BCUT2D eigenvalue weighted by Crippen LogP contribution is 2.20. The minimum absolute atomic E-state index is 0.117. The molecule has 0 radical (unpaired) electrons. The first-order valence-electron chi connectivity index (χ1n) is 9.64. The number of ketones is 1. The van der Waals surface area contributed by atoms with Gasteiger partial charge >= 0.3 is 6.18 Å². The lowest BCUT2D eigenvalue weighted by atomic mass is 9.97. The number of aryl methyl sites for hydroxylation is 1. The summed E-state index contributed by atoms with van der Waals surface area (Å²) in [6, 6.07) is 17.8. The molecule has 0 aliphatic heterocycles. The minimum atomic E-state index is -4.69. The van der Waals surface area contributed by atoms with Crippen molar-refractivity contribution in [3.8, 4) is 0 Å². The fourth-order valence-electron chi connectivity index (χ4n) is 2.92. The zero-order chi connectivity index (χ0) is 24.2. The number of halogens is 3. The third-order valence-corrected chi connectivity index (χ3v) is 6.03. The smallest absolute Gasteiger partial charge is 0.322 e. The molecule has 2 N–H and O–H groups in total. The second-order valence-electron chi connectivity index (χ2n) is 7.16.